The first-order chi connectivity index (χ1) is 16.0. The van der Waals surface area contributed by atoms with Crippen molar-refractivity contribution < 1.29 is 13.2 Å². The second-order valence-corrected chi connectivity index (χ2v) is 9.71. The molecular weight excluding hydrogens is 436 g/mol. The zero-order valence-electron chi connectivity index (χ0n) is 17.8. The summed E-state index contributed by atoms with van der Waals surface area (Å²) < 4.78 is 29.7. The van der Waals surface area contributed by atoms with Crippen molar-refractivity contribution in [3.63, 3.8) is 0 Å². The summed E-state index contributed by atoms with van der Waals surface area (Å²) in [5.74, 6) is -0.395. The Morgan fingerprint density at radius 2 is 1.76 bits per heavy atom. The number of benzene rings is 3. The van der Waals surface area contributed by atoms with E-state index >= 15 is 0 Å². The van der Waals surface area contributed by atoms with E-state index in [0.29, 0.717) is 30.9 Å². The third kappa shape index (κ3) is 4.25. The highest BCUT2D eigenvalue weighted by Gasteiger charge is 2.31. The maximum atomic E-state index is 13.3. The van der Waals surface area contributed by atoms with Crippen LogP contribution < -0.4 is 9.62 Å². The van der Waals surface area contributed by atoms with Crippen LogP contribution in [0, 0.1) is 0 Å². The minimum Gasteiger partial charge on any atom is -0.319 e. The summed E-state index contributed by atoms with van der Waals surface area (Å²) in [5.41, 5.74) is 3.59. The molecule has 0 atom stereocenters. The van der Waals surface area contributed by atoms with E-state index in [1.165, 1.54) is 16.4 Å². The van der Waals surface area contributed by atoms with Crippen molar-refractivity contribution in [2.75, 3.05) is 16.2 Å². The predicted octanol–water partition coefficient (Wildman–Crippen LogP) is 3.94. The van der Waals surface area contributed by atoms with E-state index in [9.17, 15) is 13.2 Å². The molecule has 8 heteroatoms. The van der Waals surface area contributed by atoms with Crippen molar-refractivity contribution in [3.05, 3.63) is 108 Å². The van der Waals surface area contributed by atoms with Gasteiger partial charge in [-0.05, 0) is 41.8 Å². The lowest BCUT2D eigenvalue weighted by Crippen LogP contribution is -2.29. The summed E-state index contributed by atoms with van der Waals surface area (Å²) in [6.45, 7) is 0.973. The molecule has 4 aromatic rings. The van der Waals surface area contributed by atoms with Gasteiger partial charge in [-0.25, -0.2) is 8.42 Å². The SMILES string of the molecule is O=C(Nc1cnn(Cc2ccccc2)c1)c1cccc(S(=O)(=O)N2CCc3ccccc32)c1. The molecule has 0 radical (unpaired) electrons. The summed E-state index contributed by atoms with van der Waals surface area (Å²) >= 11 is 0. The molecule has 0 fully saturated rings. The molecule has 7 nitrogen and oxygen atoms in total. The molecule has 0 unspecified atom stereocenters. The zero-order valence-corrected chi connectivity index (χ0v) is 18.6. The Hall–Kier alpha value is -3.91. The Balaban J connectivity index is 1.33. The standard InChI is InChI=1S/C25H22N4O3S/c30-25(27-22-16-26-28(18-22)17-19-7-2-1-3-8-19)21-10-6-11-23(15-21)33(31,32)29-14-13-20-9-4-5-12-24(20)29/h1-12,15-16,18H,13-14,17H2,(H,27,30). The minimum absolute atomic E-state index is 0.0895. The molecule has 1 aliphatic rings. The number of hydrogen-bond donors (Lipinski definition) is 1. The number of amides is 1. The lowest BCUT2D eigenvalue weighted by atomic mass is 10.2. The normalized spacial score (nSPS) is 13.0. The van der Waals surface area contributed by atoms with Gasteiger partial charge in [0.1, 0.15) is 0 Å². The molecular formula is C25H22N4O3S. The predicted molar refractivity (Wildman–Crippen MR) is 127 cm³/mol. The van der Waals surface area contributed by atoms with Crippen molar-refractivity contribution in [2.45, 2.75) is 17.9 Å². The van der Waals surface area contributed by atoms with Crippen molar-refractivity contribution in [1.29, 1.82) is 0 Å². The first-order valence-electron chi connectivity index (χ1n) is 10.6. The summed E-state index contributed by atoms with van der Waals surface area (Å²) in [6, 6.07) is 23.5. The lowest BCUT2D eigenvalue weighted by Gasteiger charge is -2.19. The van der Waals surface area contributed by atoms with Crippen molar-refractivity contribution in [3.8, 4) is 0 Å². The fourth-order valence-corrected chi connectivity index (χ4v) is 5.52. The van der Waals surface area contributed by atoms with E-state index in [-0.39, 0.29) is 10.5 Å². The third-order valence-electron chi connectivity index (χ3n) is 5.61. The number of hydrogen-bond acceptors (Lipinski definition) is 4. The molecule has 5 rings (SSSR count). The van der Waals surface area contributed by atoms with Gasteiger partial charge in [0.15, 0.2) is 0 Å². The summed E-state index contributed by atoms with van der Waals surface area (Å²) in [6.07, 6.45) is 3.98. The average Bonchev–Trinajstić information content (AvgIpc) is 3.47. The van der Waals surface area contributed by atoms with Crippen LogP contribution in [0.5, 0.6) is 0 Å². The fourth-order valence-electron chi connectivity index (χ4n) is 3.97. The third-order valence-corrected chi connectivity index (χ3v) is 7.42. The van der Waals surface area contributed by atoms with Gasteiger partial charge in [0, 0.05) is 18.3 Å². The number of nitrogens with zero attached hydrogens (tertiary/aromatic N) is 3. The van der Waals surface area contributed by atoms with Crippen LogP contribution in [-0.2, 0) is 23.0 Å². The molecule has 1 aromatic heterocycles. The van der Waals surface area contributed by atoms with Crippen LogP contribution in [0.1, 0.15) is 21.5 Å². The maximum absolute atomic E-state index is 13.3. The largest absolute Gasteiger partial charge is 0.319 e. The lowest BCUT2D eigenvalue weighted by molar-refractivity contribution is 0.102. The number of anilines is 2. The van der Waals surface area contributed by atoms with Gasteiger partial charge < -0.3 is 5.32 Å². The van der Waals surface area contributed by atoms with E-state index in [4.69, 9.17) is 0 Å². The molecule has 3 aromatic carbocycles. The van der Waals surface area contributed by atoms with Crippen LogP contribution >= 0.6 is 0 Å². The van der Waals surface area contributed by atoms with Gasteiger partial charge in [-0.1, -0.05) is 54.6 Å². The monoisotopic (exact) mass is 458 g/mol. The molecule has 0 aliphatic carbocycles. The number of sulfonamides is 1. The molecule has 0 saturated heterocycles. The Bertz CT molecular complexity index is 1410. The quantitative estimate of drug-likeness (QED) is 0.474. The van der Waals surface area contributed by atoms with Gasteiger partial charge in [0.05, 0.1) is 29.0 Å². The number of carbonyl (C=O) groups is 1. The number of nitrogens with one attached hydrogen (secondary N) is 1. The van der Waals surface area contributed by atoms with E-state index in [0.717, 1.165) is 11.1 Å². The molecule has 1 amide bonds. The van der Waals surface area contributed by atoms with Gasteiger partial charge in [0.25, 0.3) is 15.9 Å². The van der Waals surface area contributed by atoms with Crippen molar-refractivity contribution in [1.82, 2.24) is 9.78 Å². The number of rotatable bonds is 6. The number of para-hydroxylation sites is 1. The maximum Gasteiger partial charge on any atom is 0.264 e. The number of fused-ring (bicyclic) bond motifs is 1. The van der Waals surface area contributed by atoms with Gasteiger partial charge in [-0.2, -0.15) is 5.10 Å². The summed E-state index contributed by atoms with van der Waals surface area (Å²) in [4.78, 5) is 12.9. The summed E-state index contributed by atoms with van der Waals surface area (Å²) in [5, 5.41) is 7.09. The van der Waals surface area contributed by atoms with Gasteiger partial charge in [0.2, 0.25) is 0 Å². The first kappa shape index (κ1) is 21.0. The zero-order chi connectivity index (χ0) is 22.8. The Kier molecular flexibility index (Phi) is 5.43. The van der Waals surface area contributed by atoms with E-state index in [1.807, 2.05) is 54.6 Å². The highest BCUT2D eigenvalue weighted by atomic mass is 32.2. The average molecular weight is 459 g/mol. The van der Waals surface area contributed by atoms with Crippen LogP contribution in [-0.4, -0.2) is 30.7 Å². The Morgan fingerprint density at radius 3 is 2.61 bits per heavy atom. The topological polar surface area (TPSA) is 84.3 Å². The van der Waals surface area contributed by atoms with Crippen molar-refractivity contribution in [2.24, 2.45) is 0 Å². The fraction of sp³-hybridized carbons (Fsp3) is 0.120. The highest BCUT2D eigenvalue weighted by molar-refractivity contribution is 7.92. The minimum atomic E-state index is -3.77. The first-order valence-corrected chi connectivity index (χ1v) is 12.0. The Labute approximate surface area is 192 Å². The second-order valence-electron chi connectivity index (χ2n) is 7.85. The van der Waals surface area contributed by atoms with Gasteiger partial charge in [-0.3, -0.25) is 13.8 Å². The van der Waals surface area contributed by atoms with E-state index < -0.39 is 15.9 Å². The van der Waals surface area contributed by atoms with Crippen LogP contribution in [0.25, 0.3) is 0 Å². The smallest absolute Gasteiger partial charge is 0.264 e. The molecule has 1 aliphatic heterocycles. The Morgan fingerprint density at radius 1 is 0.970 bits per heavy atom. The van der Waals surface area contributed by atoms with E-state index in [2.05, 4.69) is 10.4 Å². The van der Waals surface area contributed by atoms with Crippen LogP contribution in [0.4, 0.5) is 11.4 Å². The van der Waals surface area contributed by atoms with Crippen molar-refractivity contribution >= 4 is 27.3 Å². The molecule has 2 heterocycles. The molecule has 0 saturated carbocycles. The molecule has 1 N–H and O–H groups in total. The molecule has 0 spiro atoms. The highest BCUT2D eigenvalue weighted by Crippen LogP contribution is 2.32. The second kappa shape index (κ2) is 8.55. The summed E-state index contributed by atoms with van der Waals surface area (Å²) in [7, 11) is -3.77. The molecule has 166 valence electrons. The van der Waals surface area contributed by atoms with Gasteiger partial charge >= 0.3 is 0 Å². The molecule has 33 heavy (non-hydrogen) atoms. The van der Waals surface area contributed by atoms with Crippen LogP contribution in [0.2, 0.25) is 0 Å². The number of carbonyl (C=O) groups excluding carboxylic acids is 1. The van der Waals surface area contributed by atoms with E-state index in [1.54, 1.807) is 29.2 Å². The van der Waals surface area contributed by atoms with Crippen LogP contribution in [0.15, 0.2) is 96.2 Å². The number of aromatic nitrogens is 2. The van der Waals surface area contributed by atoms with Crippen LogP contribution in [0.3, 0.4) is 0 Å². The molecule has 0 bridgehead atoms. The van der Waals surface area contributed by atoms with Gasteiger partial charge in [-0.15, -0.1) is 0 Å².